The fraction of sp³-hybridized carbons (Fsp3) is 0.650. The van der Waals surface area contributed by atoms with Crippen LogP contribution in [0, 0.1) is 16.7 Å². The number of anilines is 1. The van der Waals surface area contributed by atoms with Crippen LogP contribution in [0.2, 0.25) is 0 Å². The summed E-state index contributed by atoms with van der Waals surface area (Å²) in [6.45, 7) is 7.23. The maximum atomic E-state index is 9.33. The number of aliphatic imine (C=N–C) groups is 2. The topological polar surface area (TPSA) is 91.6 Å². The van der Waals surface area contributed by atoms with Crippen LogP contribution >= 0.6 is 0 Å². The predicted octanol–water partition coefficient (Wildman–Crippen LogP) is 4.21. The first kappa shape index (κ1) is 22.6. The second-order valence-corrected chi connectivity index (χ2v) is 9.66. The molecule has 3 atom stereocenters. The van der Waals surface area contributed by atoms with E-state index in [4.69, 9.17) is 9.55 Å². The summed E-state index contributed by atoms with van der Waals surface area (Å²) in [7, 11) is 0.786. The van der Waals surface area contributed by atoms with E-state index in [0.29, 0.717) is 16.9 Å². The van der Waals surface area contributed by atoms with E-state index < -0.39 is 10.4 Å². The van der Waals surface area contributed by atoms with E-state index in [-0.39, 0.29) is 0 Å². The van der Waals surface area contributed by atoms with Crippen molar-refractivity contribution in [2.45, 2.75) is 46.1 Å². The van der Waals surface area contributed by atoms with Crippen LogP contribution in [0.4, 0.5) is 11.4 Å². The zero-order valence-electron chi connectivity index (χ0n) is 17.5. The van der Waals surface area contributed by atoms with Gasteiger partial charge in [-0.2, -0.15) is 13.4 Å². The Labute approximate surface area is 168 Å². The van der Waals surface area contributed by atoms with Crippen molar-refractivity contribution in [2.75, 3.05) is 26.1 Å². The zero-order chi connectivity index (χ0) is 21.2. The molecule has 8 heteroatoms. The molecule has 28 heavy (non-hydrogen) atoms. The van der Waals surface area contributed by atoms with Gasteiger partial charge in [0.05, 0.1) is 24.8 Å². The molecule has 2 aliphatic carbocycles. The van der Waals surface area contributed by atoms with Crippen molar-refractivity contribution in [3.8, 4) is 0 Å². The average molecular weight is 410 g/mol. The molecule has 0 aromatic heterocycles. The Morgan fingerprint density at radius 2 is 1.79 bits per heavy atom. The molecule has 7 nitrogen and oxygen atoms in total. The summed E-state index contributed by atoms with van der Waals surface area (Å²) < 4.78 is 29.7. The minimum Gasteiger partial charge on any atom is -0.378 e. The van der Waals surface area contributed by atoms with Crippen molar-refractivity contribution in [1.82, 2.24) is 0 Å². The van der Waals surface area contributed by atoms with Crippen LogP contribution in [0.5, 0.6) is 0 Å². The largest absolute Gasteiger partial charge is 0.397 e. The monoisotopic (exact) mass is 409 g/mol. The first-order chi connectivity index (χ1) is 12.9. The van der Waals surface area contributed by atoms with Crippen molar-refractivity contribution in [2.24, 2.45) is 26.7 Å². The van der Waals surface area contributed by atoms with Crippen LogP contribution in [0.3, 0.4) is 0 Å². The summed E-state index contributed by atoms with van der Waals surface area (Å²) in [4.78, 5) is 11.2. The van der Waals surface area contributed by atoms with Gasteiger partial charge < -0.3 is 4.90 Å². The van der Waals surface area contributed by atoms with Crippen molar-refractivity contribution in [3.63, 3.8) is 0 Å². The summed E-state index contributed by atoms with van der Waals surface area (Å²) in [5, 5.41) is 0. The van der Waals surface area contributed by atoms with E-state index in [1.807, 2.05) is 26.2 Å². The fourth-order valence-corrected chi connectivity index (χ4v) is 4.34. The molecular weight excluding hydrogens is 378 g/mol. The molecule has 0 aliphatic heterocycles. The van der Waals surface area contributed by atoms with Gasteiger partial charge in [-0.25, -0.2) is 4.99 Å². The van der Waals surface area contributed by atoms with Gasteiger partial charge in [0.25, 0.3) is 0 Å². The molecule has 0 amide bonds. The van der Waals surface area contributed by atoms with Gasteiger partial charge in [0.2, 0.25) is 0 Å². The molecule has 2 saturated carbocycles. The summed E-state index contributed by atoms with van der Waals surface area (Å²) in [6.07, 6.45) is 3.85. The number of rotatable bonds is 4. The third-order valence-corrected chi connectivity index (χ3v) is 7.14. The van der Waals surface area contributed by atoms with Crippen molar-refractivity contribution >= 4 is 27.8 Å². The highest BCUT2D eigenvalue weighted by atomic mass is 32.3. The molecule has 3 unspecified atom stereocenters. The standard InChI is InChI=1S/C19H27N3.CH4O4S/c1-18(2)14-10-11-19(18,3)17(12-14)21-13-20-15-6-8-16(9-7-15)22(4)5;1-5-6(2,3)4/h6-9,14,17H,10-12H2,1-5H3;1H3,(H,2,3,4). The highest BCUT2D eigenvalue weighted by molar-refractivity contribution is 7.80. The molecule has 1 aromatic rings. The van der Waals surface area contributed by atoms with Gasteiger partial charge in [-0.15, -0.1) is 0 Å². The molecule has 0 radical (unpaired) electrons. The van der Waals surface area contributed by atoms with Crippen molar-refractivity contribution in [3.05, 3.63) is 24.3 Å². The molecule has 2 bridgehead atoms. The van der Waals surface area contributed by atoms with Gasteiger partial charge >= 0.3 is 10.4 Å². The van der Waals surface area contributed by atoms with Crippen molar-refractivity contribution < 1.29 is 17.2 Å². The summed E-state index contributed by atoms with van der Waals surface area (Å²) in [5.41, 5.74) is 2.81. The molecular formula is C20H31N3O4S. The molecule has 1 N–H and O–H groups in total. The number of benzene rings is 1. The molecule has 1 aromatic carbocycles. The first-order valence-electron chi connectivity index (χ1n) is 9.36. The second kappa shape index (κ2) is 8.33. The first-order valence-corrected chi connectivity index (χ1v) is 10.7. The summed E-state index contributed by atoms with van der Waals surface area (Å²) >= 11 is 0. The average Bonchev–Trinajstić information content (AvgIpc) is 2.95. The highest BCUT2D eigenvalue weighted by Gasteiger charge is 2.61. The minimum absolute atomic E-state index is 0.314. The molecule has 2 fully saturated rings. The lowest BCUT2D eigenvalue weighted by molar-refractivity contribution is 0.137. The third kappa shape index (κ3) is 4.81. The Hall–Kier alpha value is -1.73. The quantitative estimate of drug-likeness (QED) is 0.594. The van der Waals surface area contributed by atoms with E-state index in [1.54, 1.807) is 0 Å². The predicted molar refractivity (Wildman–Crippen MR) is 112 cm³/mol. The van der Waals surface area contributed by atoms with Crippen molar-refractivity contribution in [1.29, 1.82) is 0 Å². The zero-order valence-corrected chi connectivity index (χ0v) is 18.3. The lowest BCUT2D eigenvalue weighted by Crippen LogP contribution is -2.34. The van der Waals surface area contributed by atoms with Gasteiger partial charge in [0.15, 0.2) is 0 Å². The van der Waals surface area contributed by atoms with E-state index in [0.717, 1.165) is 18.7 Å². The Morgan fingerprint density at radius 3 is 2.18 bits per heavy atom. The number of hydrogen-bond donors (Lipinski definition) is 1. The lowest BCUT2D eigenvalue weighted by Gasteiger charge is -2.36. The molecule has 0 spiro atoms. The van der Waals surface area contributed by atoms with Crippen LogP contribution in [0.25, 0.3) is 0 Å². The molecule has 2 aliphatic rings. The van der Waals surface area contributed by atoms with Crippen LogP contribution < -0.4 is 4.90 Å². The molecule has 156 valence electrons. The Morgan fingerprint density at radius 1 is 1.21 bits per heavy atom. The smallest absolute Gasteiger partial charge is 0.378 e. The summed E-state index contributed by atoms with van der Waals surface area (Å²) in [6, 6.07) is 11.5. The van der Waals surface area contributed by atoms with Crippen LogP contribution in [-0.2, 0) is 14.6 Å². The van der Waals surface area contributed by atoms with E-state index >= 15 is 0 Å². The Balaban J connectivity index is 0.000000409. The molecule has 0 saturated heterocycles. The van der Waals surface area contributed by atoms with Crippen LogP contribution in [-0.4, -0.2) is 46.2 Å². The number of hydrogen-bond acceptors (Lipinski definition) is 6. The van der Waals surface area contributed by atoms with Gasteiger partial charge in [0, 0.05) is 19.8 Å². The maximum absolute atomic E-state index is 9.33. The lowest BCUT2D eigenvalue weighted by atomic mass is 9.69. The Bertz CT molecular complexity index is 843. The number of fused-ring (bicyclic) bond motifs is 2. The third-order valence-electron chi connectivity index (χ3n) is 6.72. The normalized spacial score (nSPS) is 27.4. The fourth-order valence-electron chi connectivity index (χ4n) is 4.34. The second-order valence-electron chi connectivity index (χ2n) is 8.47. The van der Waals surface area contributed by atoms with E-state index in [2.05, 4.69) is 53.0 Å². The van der Waals surface area contributed by atoms with Gasteiger partial charge in [-0.3, -0.25) is 8.74 Å². The molecule has 0 heterocycles. The van der Waals surface area contributed by atoms with Gasteiger partial charge in [-0.05, 0) is 60.3 Å². The highest BCUT2D eigenvalue weighted by Crippen LogP contribution is 2.66. The SMILES string of the molecule is CN(C)c1ccc(N=C=NC2CC3CCC2(C)C3(C)C)cc1.COS(=O)(=O)O. The van der Waals surface area contributed by atoms with E-state index in [1.165, 1.54) is 24.9 Å². The Kier molecular flexibility index (Phi) is 6.71. The summed E-state index contributed by atoms with van der Waals surface area (Å²) in [5.74, 6) is 0.812. The minimum atomic E-state index is -4.16. The molecule has 3 rings (SSSR count). The van der Waals surface area contributed by atoms with E-state index in [9.17, 15) is 8.42 Å². The van der Waals surface area contributed by atoms with Crippen LogP contribution in [0.1, 0.15) is 40.0 Å². The van der Waals surface area contributed by atoms with Gasteiger partial charge in [0.1, 0.15) is 0 Å². The van der Waals surface area contributed by atoms with Gasteiger partial charge in [-0.1, -0.05) is 20.8 Å². The maximum Gasteiger partial charge on any atom is 0.397 e. The van der Waals surface area contributed by atoms with Crippen LogP contribution in [0.15, 0.2) is 34.3 Å². The number of nitrogens with zero attached hydrogens (tertiary/aromatic N) is 3.